The van der Waals surface area contributed by atoms with E-state index >= 15 is 0 Å². The highest BCUT2D eigenvalue weighted by molar-refractivity contribution is 5.93. The lowest BCUT2D eigenvalue weighted by Gasteiger charge is -2.16. The smallest absolute Gasteiger partial charge is 0.230 e. The third-order valence-electron chi connectivity index (χ3n) is 5.46. The van der Waals surface area contributed by atoms with Gasteiger partial charge in [0, 0.05) is 48.0 Å². The average Bonchev–Trinajstić information content (AvgIpc) is 3.32. The number of hydrogen-bond acceptors (Lipinski definition) is 7. The first-order valence-electron chi connectivity index (χ1n) is 12.0. The minimum absolute atomic E-state index is 0.0496. The zero-order chi connectivity index (χ0) is 26.0. The number of terminal acetylenes is 1. The predicted molar refractivity (Wildman–Crippen MR) is 141 cm³/mol. The first-order valence-corrected chi connectivity index (χ1v) is 12.0. The van der Waals surface area contributed by atoms with E-state index in [1.54, 1.807) is 12.1 Å². The molecule has 0 saturated carbocycles. The fourth-order valence-electron chi connectivity index (χ4n) is 3.76. The number of aromatic nitrogens is 4. The number of H-pyrrole nitrogens is 1. The van der Waals surface area contributed by atoms with Crippen molar-refractivity contribution in [1.82, 2.24) is 25.1 Å². The van der Waals surface area contributed by atoms with E-state index < -0.39 is 5.82 Å². The summed E-state index contributed by atoms with van der Waals surface area (Å²) in [6.07, 6.45) is 8.86. The van der Waals surface area contributed by atoms with Crippen LogP contribution in [0, 0.1) is 18.3 Å². The molecule has 4 aromatic rings. The van der Waals surface area contributed by atoms with Gasteiger partial charge in [-0.05, 0) is 43.2 Å². The monoisotopic (exact) mass is 501 g/mol. The Balaban J connectivity index is 1.34. The molecule has 37 heavy (non-hydrogen) atoms. The van der Waals surface area contributed by atoms with Gasteiger partial charge < -0.3 is 20.3 Å². The molecular formula is C27H28FN7O2. The lowest BCUT2D eigenvalue weighted by molar-refractivity contribution is -0.115. The van der Waals surface area contributed by atoms with Crippen LogP contribution in [0.2, 0.25) is 0 Å². The Labute approximate surface area is 214 Å². The first-order chi connectivity index (χ1) is 18.0. The van der Waals surface area contributed by atoms with E-state index in [0.717, 1.165) is 36.8 Å². The highest BCUT2D eigenvalue weighted by Gasteiger charge is 2.11. The van der Waals surface area contributed by atoms with Crippen molar-refractivity contribution in [3.8, 4) is 18.2 Å². The Bertz CT molecular complexity index is 1400. The maximum absolute atomic E-state index is 13.3. The van der Waals surface area contributed by atoms with E-state index in [1.807, 2.05) is 23.1 Å². The van der Waals surface area contributed by atoms with E-state index in [4.69, 9.17) is 11.2 Å². The summed E-state index contributed by atoms with van der Waals surface area (Å²) in [4.78, 5) is 22.9. The fraction of sp³-hybridized carbons (Fsp3) is 0.259. The Kier molecular flexibility index (Phi) is 8.49. The largest absolute Gasteiger partial charge is 0.493 e. The second-order valence-corrected chi connectivity index (χ2v) is 8.36. The number of hydrogen-bond donors (Lipinski definition) is 3. The number of halogens is 1. The number of benzene rings is 2. The zero-order valence-electron chi connectivity index (χ0n) is 20.5. The van der Waals surface area contributed by atoms with Crippen LogP contribution < -0.4 is 15.4 Å². The highest BCUT2D eigenvalue weighted by atomic mass is 19.1. The molecule has 0 spiro atoms. The highest BCUT2D eigenvalue weighted by Crippen LogP contribution is 2.26. The number of aromatic amines is 1. The Morgan fingerprint density at radius 2 is 2.08 bits per heavy atom. The van der Waals surface area contributed by atoms with Crippen molar-refractivity contribution in [3.63, 3.8) is 0 Å². The molecule has 3 N–H and O–H groups in total. The molecule has 2 heterocycles. The summed E-state index contributed by atoms with van der Waals surface area (Å²) in [5.74, 6) is 1.08. The van der Waals surface area contributed by atoms with Crippen molar-refractivity contribution in [2.75, 3.05) is 30.3 Å². The van der Waals surface area contributed by atoms with Gasteiger partial charge >= 0.3 is 0 Å². The second kappa shape index (κ2) is 12.4. The Morgan fingerprint density at radius 3 is 2.89 bits per heavy atom. The number of nitrogens with one attached hydrogen (secondary N) is 3. The third kappa shape index (κ3) is 7.18. The van der Waals surface area contributed by atoms with Crippen LogP contribution in [0.5, 0.6) is 5.75 Å². The van der Waals surface area contributed by atoms with Crippen molar-refractivity contribution in [1.29, 1.82) is 0 Å². The molecular weight excluding hydrogens is 473 g/mol. The van der Waals surface area contributed by atoms with E-state index in [0.29, 0.717) is 35.4 Å². The molecule has 9 nitrogen and oxygen atoms in total. The number of rotatable bonds is 12. The first kappa shape index (κ1) is 25.4. The van der Waals surface area contributed by atoms with Gasteiger partial charge in [-0.15, -0.1) is 0 Å². The SMILES string of the molecule is C#CN(CCC)CCCOc1ccc2c(Nc3cc(CC(=O)Nc4cccc(F)c4)[nH]n3)ncnc2c1. The molecule has 0 aliphatic heterocycles. The van der Waals surface area contributed by atoms with E-state index in [1.165, 1.54) is 24.5 Å². The van der Waals surface area contributed by atoms with Crippen LogP contribution in [0.25, 0.3) is 10.9 Å². The molecule has 2 aromatic carbocycles. The maximum Gasteiger partial charge on any atom is 0.230 e. The molecule has 10 heteroatoms. The van der Waals surface area contributed by atoms with Crippen LogP contribution >= 0.6 is 0 Å². The summed E-state index contributed by atoms with van der Waals surface area (Å²) in [6.45, 7) is 4.30. The van der Waals surface area contributed by atoms with Crippen LogP contribution in [0.3, 0.4) is 0 Å². The third-order valence-corrected chi connectivity index (χ3v) is 5.46. The van der Waals surface area contributed by atoms with Gasteiger partial charge in [0.2, 0.25) is 5.91 Å². The molecule has 4 rings (SSSR count). The molecule has 0 aliphatic rings. The summed E-state index contributed by atoms with van der Waals surface area (Å²) < 4.78 is 19.2. The van der Waals surface area contributed by atoms with Crippen LogP contribution in [-0.2, 0) is 11.2 Å². The minimum Gasteiger partial charge on any atom is -0.493 e. The molecule has 1 amide bonds. The topological polar surface area (TPSA) is 108 Å². The van der Waals surface area contributed by atoms with Crippen molar-refractivity contribution < 1.29 is 13.9 Å². The molecule has 2 aromatic heterocycles. The molecule has 0 unspecified atom stereocenters. The van der Waals surface area contributed by atoms with Crippen molar-refractivity contribution in [3.05, 3.63) is 66.4 Å². The van der Waals surface area contributed by atoms with Gasteiger partial charge in [-0.2, -0.15) is 5.10 Å². The van der Waals surface area contributed by atoms with Gasteiger partial charge in [0.25, 0.3) is 0 Å². The summed E-state index contributed by atoms with van der Waals surface area (Å²) >= 11 is 0. The van der Waals surface area contributed by atoms with Crippen molar-refractivity contribution in [2.45, 2.75) is 26.2 Å². The van der Waals surface area contributed by atoms with E-state index in [9.17, 15) is 9.18 Å². The fourth-order valence-corrected chi connectivity index (χ4v) is 3.76. The zero-order valence-corrected chi connectivity index (χ0v) is 20.5. The van der Waals surface area contributed by atoms with Crippen molar-refractivity contribution >= 4 is 34.1 Å². The normalized spacial score (nSPS) is 10.6. The maximum atomic E-state index is 13.3. The number of carbonyl (C=O) groups is 1. The van der Waals surface area contributed by atoms with Gasteiger partial charge in [-0.1, -0.05) is 19.4 Å². The average molecular weight is 502 g/mol. The lowest BCUT2D eigenvalue weighted by atomic mass is 10.2. The molecule has 0 atom stereocenters. The van der Waals surface area contributed by atoms with Gasteiger partial charge in [-0.25, -0.2) is 14.4 Å². The van der Waals surface area contributed by atoms with Crippen molar-refractivity contribution in [2.24, 2.45) is 0 Å². The summed E-state index contributed by atoms with van der Waals surface area (Å²) in [5.41, 5.74) is 1.70. The number of nitrogens with zero attached hydrogens (tertiary/aromatic N) is 4. The van der Waals surface area contributed by atoms with Crippen LogP contribution in [0.1, 0.15) is 25.5 Å². The van der Waals surface area contributed by atoms with Gasteiger partial charge in [0.05, 0.1) is 18.5 Å². The quantitative estimate of drug-likeness (QED) is 0.149. The number of amides is 1. The standard InChI is InChI=1S/C27H28FN7O2/c1-3-11-35(4-2)12-6-13-37-22-9-10-23-24(17-22)29-18-30-27(23)32-25-15-21(33-34-25)16-26(36)31-20-8-5-7-19(28)14-20/h2,5,7-10,14-15,17-18H,3,6,11-13,16H2,1H3,(H,31,36)(H2,29,30,32,33,34). The Hall–Kier alpha value is -4.65. The van der Waals surface area contributed by atoms with Crippen LogP contribution in [0.15, 0.2) is 54.9 Å². The predicted octanol–water partition coefficient (Wildman–Crippen LogP) is 4.49. The van der Waals surface area contributed by atoms with Gasteiger partial charge in [-0.3, -0.25) is 9.89 Å². The minimum atomic E-state index is -0.416. The van der Waals surface area contributed by atoms with Gasteiger partial charge in [0.15, 0.2) is 5.82 Å². The molecule has 0 fully saturated rings. The number of fused-ring (bicyclic) bond motifs is 1. The number of ether oxygens (including phenoxy) is 1. The van der Waals surface area contributed by atoms with Crippen LogP contribution in [-0.4, -0.2) is 50.7 Å². The van der Waals surface area contributed by atoms with Crippen LogP contribution in [0.4, 0.5) is 21.7 Å². The summed E-state index contributed by atoms with van der Waals surface area (Å²) in [7, 11) is 0. The number of carbonyl (C=O) groups excluding carboxylic acids is 1. The van der Waals surface area contributed by atoms with Gasteiger partial charge in [0.1, 0.15) is 23.7 Å². The second-order valence-electron chi connectivity index (χ2n) is 8.36. The summed E-state index contributed by atoms with van der Waals surface area (Å²) in [6, 6.07) is 15.8. The molecule has 190 valence electrons. The lowest BCUT2D eigenvalue weighted by Crippen LogP contribution is -2.21. The molecule has 0 saturated heterocycles. The Morgan fingerprint density at radius 1 is 1.19 bits per heavy atom. The van der Waals surface area contributed by atoms with E-state index in [-0.39, 0.29) is 12.3 Å². The summed E-state index contributed by atoms with van der Waals surface area (Å²) in [5, 5.41) is 13.7. The molecule has 0 bridgehead atoms. The number of anilines is 3. The molecule has 0 aliphatic carbocycles. The van der Waals surface area contributed by atoms with E-state index in [2.05, 4.69) is 43.8 Å². The molecule has 0 radical (unpaired) electrons.